The molecule has 0 unspecified atom stereocenters. The number of hydrogen-bond donors (Lipinski definition) is 3. The van der Waals surface area contributed by atoms with Crippen molar-refractivity contribution in [2.75, 3.05) is 30.3 Å². The van der Waals surface area contributed by atoms with Gasteiger partial charge in [0.25, 0.3) is 0 Å². The van der Waals surface area contributed by atoms with E-state index in [-0.39, 0.29) is 5.91 Å². The molecule has 1 amide bonds. The summed E-state index contributed by atoms with van der Waals surface area (Å²) in [7, 11) is 0. The quantitative estimate of drug-likeness (QED) is 0.588. The summed E-state index contributed by atoms with van der Waals surface area (Å²) in [4.78, 5) is 20.4. The Bertz CT molecular complexity index is 373. The molecule has 2 rings (SSSR count). The number of carbonyl (C=O) groups is 1. The molecule has 1 fully saturated rings. The molecular formula is C9H15N5O. The highest BCUT2D eigenvalue weighted by Crippen LogP contribution is 2.20. The number of carbonyl (C=O) groups excluding carboxylic acids is 1. The number of aryl methyl sites for hydroxylation is 1. The number of anilines is 2. The fourth-order valence-electron chi connectivity index (χ4n) is 1.72. The summed E-state index contributed by atoms with van der Waals surface area (Å²) in [6.07, 6.45) is 0.491. The van der Waals surface area contributed by atoms with Crippen LogP contribution in [0.25, 0.3) is 0 Å². The van der Waals surface area contributed by atoms with E-state index in [2.05, 4.69) is 15.3 Å². The average Bonchev–Trinajstić information content (AvgIpc) is 2.39. The Balaban J connectivity index is 2.16. The molecule has 1 aromatic rings. The lowest BCUT2D eigenvalue weighted by atomic mass is 10.4. The Hall–Kier alpha value is -1.72. The first-order chi connectivity index (χ1) is 7.16. The minimum absolute atomic E-state index is 0.0864. The van der Waals surface area contributed by atoms with Gasteiger partial charge in [-0.3, -0.25) is 4.79 Å². The molecule has 1 saturated heterocycles. The number of nitrogens with one attached hydrogen (secondary N) is 2. The van der Waals surface area contributed by atoms with Gasteiger partial charge >= 0.3 is 0 Å². The SMILES string of the molecule is Cc1nc(N2CCNC(=O)CC2)c(N)[nH]1. The molecule has 0 bridgehead atoms. The van der Waals surface area contributed by atoms with Crippen LogP contribution in [0.3, 0.4) is 0 Å². The molecule has 0 saturated carbocycles. The minimum atomic E-state index is 0.0864. The highest BCUT2D eigenvalue weighted by atomic mass is 16.1. The van der Waals surface area contributed by atoms with E-state index < -0.39 is 0 Å². The number of aromatic amines is 1. The van der Waals surface area contributed by atoms with Crippen LogP contribution in [0.2, 0.25) is 0 Å². The standard InChI is InChI=1S/C9H15N5O/c1-6-12-8(10)9(13-6)14-4-2-7(15)11-3-5-14/h2-5,10H2,1H3,(H,11,15)(H,12,13). The van der Waals surface area contributed by atoms with E-state index in [1.807, 2.05) is 11.8 Å². The van der Waals surface area contributed by atoms with Gasteiger partial charge < -0.3 is 20.9 Å². The van der Waals surface area contributed by atoms with Crippen LogP contribution in [-0.2, 0) is 4.79 Å². The maximum atomic E-state index is 11.2. The van der Waals surface area contributed by atoms with Crippen molar-refractivity contribution in [3.63, 3.8) is 0 Å². The molecule has 6 nitrogen and oxygen atoms in total. The Morgan fingerprint density at radius 2 is 2.27 bits per heavy atom. The second-order valence-corrected chi connectivity index (χ2v) is 3.65. The molecule has 0 aliphatic carbocycles. The van der Waals surface area contributed by atoms with Gasteiger partial charge in [0.05, 0.1) is 0 Å². The molecular weight excluding hydrogens is 194 g/mol. The van der Waals surface area contributed by atoms with Crippen molar-refractivity contribution in [2.45, 2.75) is 13.3 Å². The van der Waals surface area contributed by atoms with Crippen LogP contribution in [0, 0.1) is 6.92 Å². The van der Waals surface area contributed by atoms with Gasteiger partial charge in [-0.05, 0) is 6.92 Å². The van der Waals surface area contributed by atoms with E-state index in [1.165, 1.54) is 0 Å². The van der Waals surface area contributed by atoms with E-state index in [0.717, 1.165) is 18.2 Å². The molecule has 0 radical (unpaired) electrons. The zero-order chi connectivity index (χ0) is 10.8. The van der Waals surface area contributed by atoms with Crippen molar-refractivity contribution >= 4 is 17.5 Å². The Labute approximate surface area is 87.9 Å². The van der Waals surface area contributed by atoms with E-state index in [9.17, 15) is 4.79 Å². The number of nitrogens with two attached hydrogens (primary N) is 1. The van der Waals surface area contributed by atoms with Crippen LogP contribution in [0.4, 0.5) is 11.6 Å². The summed E-state index contributed by atoms with van der Waals surface area (Å²) < 4.78 is 0. The highest BCUT2D eigenvalue weighted by molar-refractivity contribution is 5.77. The number of nitrogens with zero attached hydrogens (tertiary/aromatic N) is 2. The van der Waals surface area contributed by atoms with Gasteiger partial charge in [-0.25, -0.2) is 4.98 Å². The normalized spacial score (nSPS) is 17.4. The molecule has 6 heteroatoms. The number of aromatic nitrogens is 2. The van der Waals surface area contributed by atoms with Crippen LogP contribution in [0.15, 0.2) is 0 Å². The van der Waals surface area contributed by atoms with Crippen molar-refractivity contribution in [1.82, 2.24) is 15.3 Å². The molecule has 2 heterocycles. The Morgan fingerprint density at radius 1 is 1.47 bits per heavy atom. The zero-order valence-corrected chi connectivity index (χ0v) is 8.71. The lowest BCUT2D eigenvalue weighted by molar-refractivity contribution is -0.120. The predicted octanol–water partition coefficient (Wildman–Crippen LogP) is -0.373. The summed E-state index contributed by atoms with van der Waals surface area (Å²) in [6, 6.07) is 0. The van der Waals surface area contributed by atoms with Crippen molar-refractivity contribution < 1.29 is 4.79 Å². The third-order valence-corrected chi connectivity index (χ3v) is 2.44. The maximum absolute atomic E-state index is 11.2. The number of imidazole rings is 1. The molecule has 4 N–H and O–H groups in total. The van der Waals surface area contributed by atoms with E-state index in [1.54, 1.807) is 0 Å². The van der Waals surface area contributed by atoms with Gasteiger partial charge in [-0.1, -0.05) is 0 Å². The van der Waals surface area contributed by atoms with E-state index in [4.69, 9.17) is 5.73 Å². The highest BCUT2D eigenvalue weighted by Gasteiger charge is 2.18. The van der Waals surface area contributed by atoms with Crippen molar-refractivity contribution in [1.29, 1.82) is 0 Å². The first kappa shape index (κ1) is 9.82. The monoisotopic (exact) mass is 209 g/mol. The van der Waals surface area contributed by atoms with Crippen molar-refractivity contribution in [2.24, 2.45) is 0 Å². The number of nitrogen functional groups attached to an aromatic ring is 1. The van der Waals surface area contributed by atoms with Crippen LogP contribution >= 0.6 is 0 Å². The van der Waals surface area contributed by atoms with Crippen LogP contribution < -0.4 is 16.0 Å². The number of rotatable bonds is 1. The van der Waals surface area contributed by atoms with Crippen molar-refractivity contribution in [3.8, 4) is 0 Å². The molecule has 0 aromatic carbocycles. The second kappa shape index (κ2) is 3.80. The van der Waals surface area contributed by atoms with Gasteiger partial charge in [-0.2, -0.15) is 0 Å². The van der Waals surface area contributed by atoms with Crippen LogP contribution in [0.1, 0.15) is 12.2 Å². The fraction of sp³-hybridized carbons (Fsp3) is 0.556. The van der Waals surface area contributed by atoms with Gasteiger partial charge in [0, 0.05) is 26.1 Å². The van der Waals surface area contributed by atoms with Gasteiger partial charge in [0.2, 0.25) is 5.91 Å². The smallest absolute Gasteiger partial charge is 0.221 e. The fourth-order valence-corrected chi connectivity index (χ4v) is 1.72. The van der Waals surface area contributed by atoms with Gasteiger partial charge in [-0.15, -0.1) is 0 Å². The van der Waals surface area contributed by atoms with Crippen LogP contribution in [-0.4, -0.2) is 35.5 Å². The molecule has 1 aliphatic rings. The zero-order valence-electron chi connectivity index (χ0n) is 8.71. The second-order valence-electron chi connectivity index (χ2n) is 3.65. The Kier molecular flexibility index (Phi) is 2.49. The van der Waals surface area contributed by atoms with Gasteiger partial charge in [0.1, 0.15) is 11.6 Å². The first-order valence-corrected chi connectivity index (χ1v) is 5.00. The predicted molar refractivity (Wildman–Crippen MR) is 57.6 cm³/mol. The topological polar surface area (TPSA) is 87.0 Å². The van der Waals surface area contributed by atoms with E-state index in [0.29, 0.717) is 25.3 Å². The maximum Gasteiger partial charge on any atom is 0.221 e. The van der Waals surface area contributed by atoms with Crippen LogP contribution in [0.5, 0.6) is 0 Å². The molecule has 0 spiro atoms. The van der Waals surface area contributed by atoms with E-state index >= 15 is 0 Å². The average molecular weight is 209 g/mol. The summed E-state index contributed by atoms with van der Waals surface area (Å²) >= 11 is 0. The first-order valence-electron chi connectivity index (χ1n) is 5.00. The lowest BCUT2D eigenvalue weighted by Crippen LogP contribution is -2.29. The third-order valence-electron chi connectivity index (χ3n) is 2.44. The molecule has 1 aliphatic heterocycles. The summed E-state index contributed by atoms with van der Waals surface area (Å²) in [6.45, 7) is 3.92. The van der Waals surface area contributed by atoms with Crippen molar-refractivity contribution in [3.05, 3.63) is 5.82 Å². The molecule has 82 valence electrons. The molecule has 0 atom stereocenters. The lowest BCUT2D eigenvalue weighted by Gasteiger charge is -2.19. The number of amides is 1. The van der Waals surface area contributed by atoms with Gasteiger partial charge in [0.15, 0.2) is 5.82 Å². The molecule has 1 aromatic heterocycles. The summed E-state index contributed by atoms with van der Waals surface area (Å²) in [5, 5.41) is 2.81. The Morgan fingerprint density at radius 3 is 2.93 bits per heavy atom. The summed E-state index contributed by atoms with van der Waals surface area (Å²) in [5.74, 6) is 2.21. The molecule has 15 heavy (non-hydrogen) atoms. The number of H-pyrrole nitrogens is 1. The number of hydrogen-bond acceptors (Lipinski definition) is 4. The largest absolute Gasteiger partial charge is 0.382 e. The minimum Gasteiger partial charge on any atom is -0.382 e. The summed E-state index contributed by atoms with van der Waals surface area (Å²) in [5.41, 5.74) is 5.79. The third kappa shape index (κ3) is 2.03.